The van der Waals surface area contributed by atoms with Gasteiger partial charge in [0, 0.05) is 29.5 Å². The van der Waals surface area contributed by atoms with Gasteiger partial charge in [-0.25, -0.2) is 4.98 Å². The first-order valence-electron chi connectivity index (χ1n) is 6.84. The van der Waals surface area contributed by atoms with Crippen molar-refractivity contribution in [3.8, 4) is 5.88 Å². The Labute approximate surface area is 133 Å². The van der Waals surface area contributed by atoms with Crippen molar-refractivity contribution in [2.24, 2.45) is 0 Å². The molecule has 0 atom stereocenters. The summed E-state index contributed by atoms with van der Waals surface area (Å²) in [6.45, 7) is 13.8. The molecule has 0 bridgehead atoms. The second-order valence-corrected chi connectivity index (χ2v) is 7.17. The van der Waals surface area contributed by atoms with Gasteiger partial charge in [-0.15, -0.1) is 13.2 Å². The number of hydrogen-bond acceptors (Lipinski definition) is 6. The van der Waals surface area contributed by atoms with Crippen LogP contribution in [0.5, 0.6) is 5.88 Å². The van der Waals surface area contributed by atoms with Crippen molar-refractivity contribution < 1.29 is 13.6 Å². The molecule has 0 saturated carbocycles. The molecule has 0 fully saturated rings. The van der Waals surface area contributed by atoms with Crippen molar-refractivity contribution in [2.75, 3.05) is 13.2 Å². The molecule has 0 spiro atoms. The average molecular weight is 332 g/mol. The molecule has 5 nitrogen and oxygen atoms in total. The summed E-state index contributed by atoms with van der Waals surface area (Å²) in [5.74, 6) is 1.37. The molecule has 0 aromatic carbocycles. The van der Waals surface area contributed by atoms with Gasteiger partial charge in [0.1, 0.15) is 5.82 Å². The summed E-state index contributed by atoms with van der Waals surface area (Å²) in [7, 11) is 0. The van der Waals surface area contributed by atoms with Crippen LogP contribution in [-0.2, 0) is 20.9 Å². The summed E-state index contributed by atoms with van der Waals surface area (Å²) in [6, 6.07) is 1.74. The highest BCUT2D eigenvalue weighted by Crippen LogP contribution is 2.49. The van der Waals surface area contributed by atoms with E-state index in [0.717, 1.165) is 11.5 Å². The molecule has 0 radical (unpaired) electrons. The van der Waals surface area contributed by atoms with Crippen molar-refractivity contribution in [3.05, 3.63) is 30.7 Å². The van der Waals surface area contributed by atoms with Gasteiger partial charge in [-0.1, -0.05) is 13.8 Å². The summed E-state index contributed by atoms with van der Waals surface area (Å²) in [4.78, 5) is 8.71. The van der Waals surface area contributed by atoms with Crippen LogP contribution in [0, 0.1) is 6.92 Å². The highest BCUT2D eigenvalue weighted by molar-refractivity contribution is 8.07. The topological polar surface area (TPSA) is 53.5 Å². The van der Waals surface area contributed by atoms with Crippen LogP contribution in [0.15, 0.2) is 19.2 Å². The maximum absolute atomic E-state index is 5.68. The van der Waals surface area contributed by atoms with Crippen LogP contribution in [0.2, 0.25) is 0 Å². The third-order valence-corrected chi connectivity index (χ3v) is 4.56. The Balaban J connectivity index is 0.00000191. The fourth-order valence-electron chi connectivity index (χ4n) is 1.39. The number of aromatic nitrogens is 2. The average Bonchev–Trinajstić information content (AvgIpc) is 2.40. The van der Waals surface area contributed by atoms with Gasteiger partial charge >= 0.3 is 6.72 Å². The Morgan fingerprint density at radius 2 is 1.71 bits per heavy atom. The van der Waals surface area contributed by atoms with Gasteiger partial charge in [0.2, 0.25) is 5.88 Å². The SMILES string of the molecule is C=C.CCOP(=S)(OCC)Oc1cc(C)nc(C(C)C)n1. The standard InChI is InChI=1S/C12H21N2O3PS.C2H4/c1-6-15-18(19,16-7-2)17-11-8-10(5)13-12(14-11)9(3)4;1-2/h8-9H,6-7H2,1-5H3;1-2H2. The monoisotopic (exact) mass is 332 g/mol. The molecule has 1 rings (SSSR count). The van der Waals surface area contributed by atoms with Gasteiger partial charge in [0.05, 0.1) is 13.2 Å². The summed E-state index contributed by atoms with van der Waals surface area (Å²) >= 11 is 5.32. The molecule has 0 unspecified atom stereocenters. The van der Waals surface area contributed by atoms with E-state index in [-0.39, 0.29) is 5.92 Å². The molecule has 7 heteroatoms. The van der Waals surface area contributed by atoms with E-state index in [1.807, 2.05) is 34.6 Å². The van der Waals surface area contributed by atoms with Crippen molar-refractivity contribution in [3.63, 3.8) is 0 Å². The minimum atomic E-state index is -2.77. The molecule has 0 aliphatic heterocycles. The van der Waals surface area contributed by atoms with Gasteiger partial charge in [-0.2, -0.15) is 4.98 Å². The van der Waals surface area contributed by atoms with Crippen LogP contribution in [0.1, 0.15) is 45.1 Å². The fourth-order valence-corrected chi connectivity index (χ4v) is 3.38. The van der Waals surface area contributed by atoms with Crippen molar-refractivity contribution >= 4 is 18.5 Å². The lowest BCUT2D eigenvalue weighted by atomic mass is 10.2. The molecule has 0 saturated heterocycles. The third kappa shape index (κ3) is 7.14. The minimum Gasteiger partial charge on any atom is -0.406 e. The van der Waals surface area contributed by atoms with Crippen LogP contribution >= 0.6 is 6.72 Å². The smallest absolute Gasteiger partial charge is 0.381 e. The predicted octanol–water partition coefficient (Wildman–Crippen LogP) is 4.39. The Hall–Kier alpha value is -0.810. The largest absolute Gasteiger partial charge is 0.406 e. The second-order valence-electron chi connectivity index (χ2n) is 4.23. The zero-order chi connectivity index (χ0) is 16.5. The highest BCUT2D eigenvalue weighted by atomic mass is 32.5. The van der Waals surface area contributed by atoms with E-state index in [2.05, 4.69) is 23.1 Å². The van der Waals surface area contributed by atoms with Crippen LogP contribution in [-0.4, -0.2) is 23.2 Å². The molecule has 21 heavy (non-hydrogen) atoms. The summed E-state index contributed by atoms with van der Waals surface area (Å²) in [5.41, 5.74) is 0.836. The molecular formula is C14H25N2O3PS. The highest BCUT2D eigenvalue weighted by Gasteiger charge is 2.22. The number of aryl methyl sites for hydroxylation is 1. The fraction of sp³-hybridized carbons (Fsp3) is 0.571. The molecule has 120 valence electrons. The summed E-state index contributed by atoms with van der Waals surface area (Å²) in [6.07, 6.45) is 0. The molecule has 1 heterocycles. The normalized spacial score (nSPS) is 11.0. The van der Waals surface area contributed by atoms with E-state index in [1.54, 1.807) is 6.07 Å². The van der Waals surface area contributed by atoms with Crippen molar-refractivity contribution in [2.45, 2.75) is 40.5 Å². The summed E-state index contributed by atoms with van der Waals surface area (Å²) in [5, 5.41) is 0. The second kappa shape index (κ2) is 10.0. The van der Waals surface area contributed by atoms with Crippen molar-refractivity contribution in [1.82, 2.24) is 9.97 Å². The van der Waals surface area contributed by atoms with Crippen LogP contribution in [0.4, 0.5) is 0 Å². The molecule has 0 N–H and O–H groups in total. The van der Waals surface area contributed by atoms with Crippen molar-refractivity contribution in [1.29, 1.82) is 0 Å². The van der Waals surface area contributed by atoms with E-state index >= 15 is 0 Å². The first kappa shape index (κ1) is 20.2. The lowest BCUT2D eigenvalue weighted by molar-refractivity contribution is 0.215. The van der Waals surface area contributed by atoms with Crippen LogP contribution in [0.25, 0.3) is 0 Å². The van der Waals surface area contributed by atoms with Gasteiger partial charge in [-0.05, 0) is 20.8 Å². The quantitative estimate of drug-likeness (QED) is 0.545. The lowest BCUT2D eigenvalue weighted by Gasteiger charge is -2.20. The number of nitrogens with zero attached hydrogens (tertiary/aromatic N) is 2. The number of hydrogen-bond donors (Lipinski definition) is 0. The zero-order valence-corrected chi connectivity index (χ0v) is 15.2. The molecule has 0 amide bonds. The molecule has 1 aromatic heterocycles. The minimum absolute atomic E-state index is 0.222. The maximum Gasteiger partial charge on any atom is 0.381 e. The lowest BCUT2D eigenvalue weighted by Crippen LogP contribution is -2.06. The maximum atomic E-state index is 5.68. The molecule has 1 aromatic rings. The van der Waals surface area contributed by atoms with E-state index < -0.39 is 6.72 Å². The third-order valence-electron chi connectivity index (χ3n) is 2.14. The van der Waals surface area contributed by atoms with Gasteiger partial charge in [0.25, 0.3) is 0 Å². The Morgan fingerprint density at radius 1 is 1.19 bits per heavy atom. The first-order valence-corrected chi connectivity index (χ1v) is 9.40. The molecule has 0 aliphatic rings. The van der Waals surface area contributed by atoms with Crippen LogP contribution in [0.3, 0.4) is 0 Å². The van der Waals surface area contributed by atoms with E-state index in [1.165, 1.54) is 0 Å². The number of rotatable bonds is 7. The van der Waals surface area contributed by atoms with E-state index in [0.29, 0.717) is 19.1 Å². The van der Waals surface area contributed by atoms with E-state index in [9.17, 15) is 0 Å². The van der Waals surface area contributed by atoms with Gasteiger partial charge in [0.15, 0.2) is 0 Å². The van der Waals surface area contributed by atoms with Gasteiger partial charge in [-0.3, -0.25) is 9.05 Å². The Bertz CT molecular complexity index is 473. The first-order chi connectivity index (χ1) is 9.90. The van der Waals surface area contributed by atoms with E-state index in [4.69, 9.17) is 25.4 Å². The van der Waals surface area contributed by atoms with Gasteiger partial charge < -0.3 is 4.52 Å². The summed E-state index contributed by atoms with van der Waals surface area (Å²) < 4.78 is 16.6. The molecular weight excluding hydrogens is 307 g/mol. The Morgan fingerprint density at radius 3 is 2.14 bits per heavy atom. The Kier molecular flexibility index (Phi) is 9.62. The zero-order valence-electron chi connectivity index (χ0n) is 13.5. The molecule has 0 aliphatic carbocycles. The predicted molar refractivity (Wildman–Crippen MR) is 90.3 cm³/mol. The van der Waals surface area contributed by atoms with Crippen LogP contribution < -0.4 is 4.52 Å².